The van der Waals surface area contributed by atoms with Crippen LogP contribution in [0, 0.1) is 5.82 Å². The summed E-state index contributed by atoms with van der Waals surface area (Å²) in [5.74, 6) is 0.488. The Labute approximate surface area is 159 Å². The van der Waals surface area contributed by atoms with E-state index in [4.69, 9.17) is 9.47 Å². The third kappa shape index (κ3) is 4.07. The molecule has 1 fully saturated rings. The molecule has 1 aromatic carbocycles. The highest BCUT2D eigenvalue weighted by Gasteiger charge is 2.43. The Hall–Kier alpha value is -2.35. The molecule has 6 nitrogen and oxygen atoms in total. The van der Waals surface area contributed by atoms with Gasteiger partial charge in [0.15, 0.2) is 11.6 Å². The van der Waals surface area contributed by atoms with Crippen LogP contribution in [0.15, 0.2) is 34.9 Å². The van der Waals surface area contributed by atoms with Gasteiger partial charge in [-0.25, -0.2) is 14.2 Å². The van der Waals surface area contributed by atoms with E-state index < -0.39 is 5.82 Å². The van der Waals surface area contributed by atoms with E-state index in [-0.39, 0.29) is 23.7 Å². The van der Waals surface area contributed by atoms with Crippen LogP contribution in [0.3, 0.4) is 0 Å². The maximum atomic E-state index is 14.7. The van der Waals surface area contributed by atoms with Crippen LogP contribution in [0.2, 0.25) is 0 Å². The van der Waals surface area contributed by atoms with Crippen LogP contribution in [0.1, 0.15) is 24.8 Å². The fraction of sp³-hybridized carbons (Fsp3) is 0.333. The van der Waals surface area contributed by atoms with Gasteiger partial charge < -0.3 is 14.8 Å². The number of hydrogen-bond acceptors (Lipinski definition) is 4. The lowest BCUT2D eigenvalue weighted by atomic mass is 10.1. The first-order chi connectivity index (χ1) is 12.5. The van der Waals surface area contributed by atoms with E-state index in [1.54, 1.807) is 37.4 Å². The first kappa shape index (κ1) is 18.4. The van der Waals surface area contributed by atoms with Crippen molar-refractivity contribution in [3.63, 3.8) is 0 Å². The van der Waals surface area contributed by atoms with Crippen molar-refractivity contribution in [2.75, 3.05) is 19.0 Å². The molecule has 2 atom stereocenters. The Morgan fingerprint density at radius 3 is 2.77 bits per heavy atom. The quantitative estimate of drug-likeness (QED) is 0.734. The van der Waals surface area contributed by atoms with E-state index in [2.05, 4.69) is 31.5 Å². The highest BCUT2D eigenvalue weighted by atomic mass is 79.9. The Balaban J connectivity index is 1.67. The van der Waals surface area contributed by atoms with E-state index in [1.807, 2.05) is 0 Å². The number of carbonyl (C=O) groups excluding carboxylic acids is 1. The highest BCUT2D eigenvalue weighted by molar-refractivity contribution is 9.10. The second-order valence-electron chi connectivity index (χ2n) is 5.84. The molecule has 1 aromatic heterocycles. The second-order valence-corrected chi connectivity index (χ2v) is 6.75. The lowest BCUT2D eigenvalue weighted by molar-refractivity contribution is 0.251. The van der Waals surface area contributed by atoms with E-state index in [1.165, 1.54) is 7.11 Å². The van der Waals surface area contributed by atoms with Crippen molar-refractivity contribution in [2.45, 2.75) is 25.3 Å². The van der Waals surface area contributed by atoms with E-state index in [0.29, 0.717) is 30.2 Å². The zero-order chi connectivity index (χ0) is 18.7. The molecule has 2 amide bonds. The van der Waals surface area contributed by atoms with E-state index >= 15 is 0 Å². The molecule has 8 heteroatoms. The van der Waals surface area contributed by atoms with E-state index in [9.17, 15) is 9.18 Å². The Morgan fingerprint density at radius 2 is 2.12 bits per heavy atom. The number of aromatic nitrogens is 1. The van der Waals surface area contributed by atoms with Crippen molar-refractivity contribution in [1.82, 2.24) is 10.3 Å². The largest absolute Gasteiger partial charge is 0.496 e. The van der Waals surface area contributed by atoms with E-state index in [0.717, 1.165) is 4.47 Å². The minimum Gasteiger partial charge on any atom is -0.496 e. The molecular formula is C18H19BrFN3O3. The zero-order valence-electron chi connectivity index (χ0n) is 14.4. The summed E-state index contributed by atoms with van der Waals surface area (Å²) in [7, 11) is 1.50. The number of hydrogen-bond donors (Lipinski definition) is 2. The van der Waals surface area contributed by atoms with Crippen molar-refractivity contribution in [2.24, 2.45) is 0 Å². The Bertz CT molecular complexity index is 801. The first-order valence-corrected chi connectivity index (χ1v) is 9.01. The molecule has 1 aliphatic carbocycles. The summed E-state index contributed by atoms with van der Waals surface area (Å²) in [5.41, 5.74) is 0.436. The van der Waals surface area contributed by atoms with Gasteiger partial charge in [0.05, 0.1) is 13.7 Å². The number of benzene rings is 1. The lowest BCUT2D eigenvalue weighted by Gasteiger charge is -2.13. The second kappa shape index (κ2) is 7.90. The van der Waals surface area contributed by atoms with Crippen LogP contribution in [0.25, 0.3) is 0 Å². The van der Waals surface area contributed by atoms with Crippen molar-refractivity contribution < 1.29 is 18.7 Å². The number of amides is 2. The standard InChI is InChI=1S/C18H19BrFN3O3/c1-3-26-14-6-5-13(25-2)16(17(14)20)11-8-12(11)22-18(24)23-15-7-4-10(19)9-21-15/h4-7,9,11-12H,3,8H2,1-2H3,(H2,21,22,23,24)/t11-,12+/m0/s1. The van der Waals surface area contributed by atoms with Crippen molar-refractivity contribution in [3.05, 3.63) is 46.3 Å². The molecular weight excluding hydrogens is 405 g/mol. The third-order valence-electron chi connectivity index (χ3n) is 4.07. The molecule has 0 saturated heterocycles. The SMILES string of the molecule is CCOc1ccc(OC)c([C@H]2C[C@H]2NC(=O)Nc2ccc(Br)cn2)c1F. The minimum absolute atomic E-state index is 0.158. The van der Waals surface area contributed by atoms with Gasteiger partial charge in [0.2, 0.25) is 0 Å². The number of anilines is 1. The number of urea groups is 1. The summed E-state index contributed by atoms with van der Waals surface area (Å²) in [6.07, 6.45) is 2.22. The molecule has 1 aliphatic rings. The van der Waals surface area contributed by atoms with Gasteiger partial charge in [0, 0.05) is 28.2 Å². The summed E-state index contributed by atoms with van der Waals surface area (Å²) in [6, 6.07) is 6.14. The molecule has 1 saturated carbocycles. The molecule has 0 bridgehead atoms. The number of pyridine rings is 1. The molecule has 0 aliphatic heterocycles. The number of nitrogens with zero attached hydrogens (tertiary/aromatic N) is 1. The number of rotatable bonds is 6. The van der Waals surface area contributed by atoms with Crippen LogP contribution in [-0.4, -0.2) is 30.8 Å². The van der Waals surface area contributed by atoms with Crippen LogP contribution < -0.4 is 20.1 Å². The molecule has 3 rings (SSSR count). The molecule has 2 N–H and O–H groups in total. The molecule has 138 valence electrons. The Morgan fingerprint density at radius 1 is 1.35 bits per heavy atom. The summed E-state index contributed by atoms with van der Waals surface area (Å²) in [5, 5.41) is 5.49. The molecule has 2 aromatic rings. The number of methoxy groups -OCH3 is 1. The maximum absolute atomic E-state index is 14.7. The smallest absolute Gasteiger partial charge is 0.320 e. The number of nitrogens with one attached hydrogen (secondary N) is 2. The van der Waals surface area contributed by atoms with Crippen LogP contribution in [0.4, 0.5) is 15.0 Å². The molecule has 1 heterocycles. The topological polar surface area (TPSA) is 72.5 Å². The van der Waals surface area contributed by atoms with Crippen LogP contribution >= 0.6 is 15.9 Å². The molecule has 0 unspecified atom stereocenters. The minimum atomic E-state index is -0.435. The van der Waals surface area contributed by atoms with Crippen molar-refractivity contribution in [1.29, 1.82) is 0 Å². The predicted molar refractivity (Wildman–Crippen MR) is 99.4 cm³/mol. The fourth-order valence-electron chi connectivity index (χ4n) is 2.79. The van der Waals surface area contributed by atoms with Gasteiger partial charge >= 0.3 is 6.03 Å². The van der Waals surface area contributed by atoms with Gasteiger partial charge in [-0.1, -0.05) is 0 Å². The monoisotopic (exact) mass is 423 g/mol. The highest BCUT2D eigenvalue weighted by Crippen LogP contribution is 2.47. The number of ether oxygens (including phenoxy) is 2. The normalized spacial score (nSPS) is 18.2. The summed E-state index contributed by atoms with van der Waals surface area (Å²) >= 11 is 3.28. The number of carbonyl (C=O) groups is 1. The Kier molecular flexibility index (Phi) is 5.61. The van der Waals surface area contributed by atoms with Gasteiger partial charge in [0.1, 0.15) is 11.6 Å². The van der Waals surface area contributed by atoms with Gasteiger partial charge in [0.25, 0.3) is 0 Å². The van der Waals surface area contributed by atoms with Crippen molar-refractivity contribution >= 4 is 27.8 Å². The van der Waals surface area contributed by atoms with Gasteiger partial charge in [-0.05, 0) is 53.5 Å². The average molecular weight is 424 g/mol. The fourth-order valence-corrected chi connectivity index (χ4v) is 3.02. The summed E-state index contributed by atoms with van der Waals surface area (Å²) < 4.78 is 26.2. The van der Waals surface area contributed by atoms with Crippen LogP contribution in [0.5, 0.6) is 11.5 Å². The summed E-state index contributed by atoms with van der Waals surface area (Å²) in [4.78, 5) is 16.2. The molecule has 26 heavy (non-hydrogen) atoms. The zero-order valence-corrected chi connectivity index (χ0v) is 16.0. The van der Waals surface area contributed by atoms with Gasteiger partial charge in [-0.15, -0.1) is 0 Å². The maximum Gasteiger partial charge on any atom is 0.320 e. The van der Waals surface area contributed by atoms with Crippen molar-refractivity contribution in [3.8, 4) is 11.5 Å². The molecule has 0 radical (unpaired) electrons. The summed E-state index contributed by atoms with van der Waals surface area (Å²) in [6.45, 7) is 2.17. The first-order valence-electron chi connectivity index (χ1n) is 8.21. The third-order valence-corrected chi connectivity index (χ3v) is 4.54. The van der Waals surface area contributed by atoms with Gasteiger partial charge in [-0.3, -0.25) is 5.32 Å². The predicted octanol–water partition coefficient (Wildman–Crippen LogP) is 4.07. The average Bonchev–Trinajstić information content (AvgIpc) is 3.37. The molecule has 0 spiro atoms. The van der Waals surface area contributed by atoms with Crippen LogP contribution in [-0.2, 0) is 0 Å². The lowest BCUT2D eigenvalue weighted by Crippen LogP contribution is -2.31. The number of halogens is 2. The van der Waals surface area contributed by atoms with Gasteiger partial charge in [-0.2, -0.15) is 0 Å².